The Hall–Kier alpha value is -1.87. The summed E-state index contributed by atoms with van der Waals surface area (Å²) in [5.41, 5.74) is 0. The van der Waals surface area contributed by atoms with Crippen molar-refractivity contribution in [2.75, 3.05) is 33.7 Å². The number of aliphatic imine (C=N–C) groups is 1. The number of carboxylic acids is 2. The van der Waals surface area contributed by atoms with Crippen LogP contribution in [-0.4, -0.2) is 77.8 Å². The number of likely N-dealkylation sites (N-methyl/N-ethyl adjacent to an activating group) is 1. The van der Waals surface area contributed by atoms with Gasteiger partial charge in [-0.05, 0) is 41.8 Å². The molecule has 9 heteroatoms. The van der Waals surface area contributed by atoms with Crippen molar-refractivity contribution in [2.45, 2.75) is 40.7 Å². The van der Waals surface area contributed by atoms with Crippen molar-refractivity contribution in [2.24, 2.45) is 10.8 Å². The average molecular weight is 335 g/mol. The fourth-order valence-corrected chi connectivity index (χ4v) is 0.927. The van der Waals surface area contributed by atoms with E-state index in [1.54, 1.807) is 30.9 Å². The summed E-state index contributed by atoms with van der Waals surface area (Å²) in [6.45, 7) is 11.1. The van der Waals surface area contributed by atoms with Crippen LogP contribution in [0.25, 0.3) is 0 Å². The van der Waals surface area contributed by atoms with E-state index in [4.69, 9.17) is 20.9 Å². The predicted octanol–water partition coefficient (Wildman–Crippen LogP) is 0.279. The minimum atomic E-state index is -0.833. The molecule has 0 radical (unpaired) electrons. The molecule has 23 heavy (non-hydrogen) atoms. The second-order valence-electron chi connectivity index (χ2n) is 4.61. The fraction of sp³-hybridized carbons (Fsp3) is 0.786. The normalized spacial score (nSPS) is 11.4. The summed E-state index contributed by atoms with van der Waals surface area (Å²) < 4.78 is 0. The number of carboxylic acid groups (broad SMARTS) is 2. The highest BCUT2D eigenvalue weighted by atomic mass is 16.4. The van der Waals surface area contributed by atoms with E-state index < -0.39 is 11.9 Å². The van der Waals surface area contributed by atoms with Crippen LogP contribution in [0.1, 0.15) is 34.6 Å². The second kappa shape index (κ2) is 16.5. The van der Waals surface area contributed by atoms with Crippen LogP contribution < -0.4 is 11.2 Å². The maximum atomic E-state index is 10.1. The van der Waals surface area contributed by atoms with Crippen LogP contribution in [0.5, 0.6) is 0 Å². The Labute approximate surface area is 139 Å². The SMILES string of the molecule is CC(=O)O.CC(C(=O)O)N(C)C.CCN=C(NCC)N(N)CC. The van der Waals surface area contributed by atoms with Gasteiger partial charge in [0.25, 0.3) is 5.97 Å². The third-order valence-corrected chi connectivity index (χ3v) is 2.39. The largest absolute Gasteiger partial charge is 0.481 e. The lowest BCUT2D eigenvalue weighted by atomic mass is 10.3. The van der Waals surface area contributed by atoms with Gasteiger partial charge in [0, 0.05) is 26.6 Å². The minimum absolute atomic E-state index is 0.380. The lowest BCUT2D eigenvalue weighted by Crippen LogP contribution is -2.45. The maximum absolute atomic E-state index is 10.1. The van der Waals surface area contributed by atoms with Crippen molar-refractivity contribution in [1.82, 2.24) is 15.2 Å². The lowest BCUT2D eigenvalue weighted by Gasteiger charge is -2.18. The number of hydrogen-bond donors (Lipinski definition) is 4. The molecule has 0 aliphatic rings. The van der Waals surface area contributed by atoms with E-state index in [1.807, 2.05) is 20.8 Å². The van der Waals surface area contributed by atoms with Gasteiger partial charge < -0.3 is 15.5 Å². The zero-order valence-corrected chi connectivity index (χ0v) is 15.3. The number of carbonyl (C=O) groups is 2. The van der Waals surface area contributed by atoms with E-state index in [2.05, 4.69) is 10.3 Å². The molecule has 0 aromatic rings. The molecule has 0 aromatic heterocycles. The Morgan fingerprint density at radius 1 is 1.22 bits per heavy atom. The molecule has 0 bridgehead atoms. The van der Waals surface area contributed by atoms with E-state index in [9.17, 15) is 4.79 Å². The summed E-state index contributed by atoms with van der Waals surface area (Å²) in [4.78, 5) is 24.9. The first-order valence-corrected chi connectivity index (χ1v) is 7.44. The van der Waals surface area contributed by atoms with Gasteiger partial charge in [-0.25, -0.2) is 5.84 Å². The first-order valence-electron chi connectivity index (χ1n) is 7.44. The molecular formula is C14H33N5O4. The van der Waals surface area contributed by atoms with Crippen LogP contribution in [0.15, 0.2) is 4.99 Å². The van der Waals surface area contributed by atoms with Gasteiger partial charge in [-0.3, -0.25) is 24.5 Å². The summed E-state index contributed by atoms with van der Waals surface area (Å²) in [7, 11) is 3.47. The first kappa shape index (κ1) is 26.0. The molecule has 0 saturated carbocycles. The van der Waals surface area contributed by atoms with E-state index in [-0.39, 0.29) is 6.04 Å². The number of hydrazine groups is 1. The van der Waals surface area contributed by atoms with Crippen molar-refractivity contribution in [1.29, 1.82) is 0 Å². The maximum Gasteiger partial charge on any atom is 0.320 e. The number of nitrogens with one attached hydrogen (secondary N) is 1. The molecule has 138 valence electrons. The van der Waals surface area contributed by atoms with Crippen LogP contribution in [0, 0.1) is 0 Å². The minimum Gasteiger partial charge on any atom is -0.481 e. The molecule has 9 nitrogen and oxygen atoms in total. The second-order valence-corrected chi connectivity index (χ2v) is 4.61. The van der Waals surface area contributed by atoms with Gasteiger partial charge in [0.05, 0.1) is 0 Å². The van der Waals surface area contributed by atoms with Gasteiger partial charge in [0.2, 0.25) is 5.96 Å². The van der Waals surface area contributed by atoms with Crippen LogP contribution in [0.2, 0.25) is 0 Å². The summed E-state index contributed by atoms with van der Waals surface area (Å²) in [5.74, 6) is 4.79. The Morgan fingerprint density at radius 3 is 1.83 bits per heavy atom. The molecule has 1 atom stereocenters. The number of nitrogens with zero attached hydrogens (tertiary/aromatic N) is 3. The van der Waals surface area contributed by atoms with Crippen molar-refractivity contribution in [3.63, 3.8) is 0 Å². The van der Waals surface area contributed by atoms with Crippen molar-refractivity contribution in [3.8, 4) is 0 Å². The number of aliphatic carboxylic acids is 2. The molecule has 0 saturated heterocycles. The Balaban J connectivity index is -0.000000292. The van der Waals surface area contributed by atoms with E-state index in [1.165, 1.54) is 0 Å². The van der Waals surface area contributed by atoms with Crippen molar-refractivity contribution < 1.29 is 19.8 Å². The zero-order chi connectivity index (χ0) is 19.0. The van der Waals surface area contributed by atoms with Gasteiger partial charge in [0.15, 0.2) is 0 Å². The summed E-state index contributed by atoms with van der Waals surface area (Å²) in [5, 5.41) is 20.4. The molecule has 0 heterocycles. The van der Waals surface area contributed by atoms with Crippen molar-refractivity contribution in [3.05, 3.63) is 0 Å². The topological polar surface area (TPSA) is 131 Å². The van der Waals surface area contributed by atoms with Gasteiger partial charge in [-0.2, -0.15) is 0 Å². The van der Waals surface area contributed by atoms with Crippen LogP contribution in [0.3, 0.4) is 0 Å². The van der Waals surface area contributed by atoms with Gasteiger partial charge in [0.1, 0.15) is 6.04 Å². The number of hydrogen-bond acceptors (Lipinski definition) is 5. The van der Waals surface area contributed by atoms with Crippen LogP contribution in [0.4, 0.5) is 0 Å². The average Bonchev–Trinajstić information content (AvgIpc) is 2.45. The van der Waals surface area contributed by atoms with Crippen molar-refractivity contribution >= 4 is 17.9 Å². The van der Waals surface area contributed by atoms with Crippen LogP contribution >= 0.6 is 0 Å². The number of nitrogens with two attached hydrogens (primary N) is 1. The van der Waals surface area contributed by atoms with E-state index >= 15 is 0 Å². The predicted molar refractivity (Wildman–Crippen MR) is 92.3 cm³/mol. The first-order chi connectivity index (χ1) is 10.5. The number of rotatable bonds is 5. The lowest BCUT2D eigenvalue weighted by molar-refractivity contribution is -0.141. The Kier molecular flexibility index (Phi) is 18.7. The standard InChI is InChI=1S/C7H18N4.C5H11NO2.C2H4O2/c1-4-9-7(10-5-2)11(8)6-3;1-4(5(7)8)6(2)3;1-2(3)4/h4-6,8H2,1-3H3,(H,9,10);4H,1-3H3,(H,7,8);1H3,(H,3,4). The molecule has 0 rings (SSSR count). The summed E-state index contributed by atoms with van der Waals surface area (Å²) >= 11 is 0. The molecule has 5 N–H and O–H groups in total. The quantitative estimate of drug-likeness (QED) is 0.244. The monoisotopic (exact) mass is 335 g/mol. The highest BCUT2D eigenvalue weighted by molar-refractivity contribution is 5.79. The molecule has 0 spiro atoms. The zero-order valence-electron chi connectivity index (χ0n) is 15.3. The molecule has 0 aliphatic carbocycles. The van der Waals surface area contributed by atoms with Gasteiger partial charge >= 0.3 is 5.97 Å². The molecule has 0 amide bonds. The summed E-state index contributed by atoms with van der Waals surface area (Å²) in [6.07, 6.45) is 0. The van der Waals surface area contributed by atoms with E-state index in [0.717, 1.165) is 32.5 Å². The van der Waals surface area contributed by atoms with Gasteiger partial charge in [-0.15, -0.1) is 0 Å². The highest BCUT2D eigenvalue weighted by Gasteiger charge is 2.11. The third-order valence-electron chi connectivity index (χ3n) is 2.39. The Bertz CT molecular complexity index is 344. The third kappa shape index (κ3) is 20.1. The summed E-state index contributed by atoms with van der Waals surface area (Å²) in [6, 6.07) is -0.380. The van der Waals surface area contributed by atoms with E-state index in [0.29, 0.717) is 0 Å². The van der Waals surface area contributed by atoms with Crippen LogP contribution in [-0.2, 0) is 9.59 Å². The molecule has 0 fully saturated rings. The molecule has 0 aromatic carbocycles. The van der Waals surface area contributed by atoms with Gasteiger partial charge in [-0.1, -0.05) is 0 Å². The number of guanidine groups is 1. The highest BCUT2D eigenvalue weighted by Crippen LogP contribution is 1.88. The molecule has 0 aliphatic heterocycles. The molecule has 1 unspecified atom stereocenters. The fourth-order valence-electron chi connectivity index (χ4n) is 0.927. The smallest absolute Gasteiger partial charge is 0.320 e. The molecular weight excluding hydrogens is 302 g/mol. The Morgan fingerprint density at radius 2 is 1.65 bits per heavy atom.